The molecule has 0 atom stereocenters. The fourth-order valence-electron chi connectivity index (χ4n) is 3.20. The summed E-state index contributed by atoms with van der Waals surface area (Å²) in [5, 5.41) is 16.0. The summed E-state index contributed by atoms with van der Waals surface area (Å²) in [5.74, 6) is -0.855. The smallest absolute Gasteiger partial charge is 0.335 e. The lowest BCUT2D eigenvalue weighted by Gasteiger charge is -2.05. The molecule has 1 saturated carbocycles. The van der Waals surface area contributed by atoms with Gasteiger partial charge in [-0.25, -0.2) is 4.79 Å². The molecular formula is C25H19Br2NO3. The molecule has 0 unspecified atom stereocenters. The molecule has 0 bridgehead atoms. The lowest BCUT2D eigenvalue weighted by Crippen LogP contribution is -2.25. The Morgan fingerprint density at radius 1 is 0.710 bits per heavy atom. The maximum atomic E-state index is 11.9. The van der Waals surface area contributed by atoms with E-state index in [2.05, 4.69) is 43.2 Å². The van der Waals surface area contributed by atoms with Gasteiger partial charge in [0.15, 0.2) is 0 Å². The van der Waals surface area contributed by atoms with Crippen molar-refractivity contribution < 1.29 is 14.7 Å². The number of carboxylic acids is 1. The first kappa shape index (κ1) is 21.5. The predicted molar refractivity (Wildman–Crippen MR) is 131 cm³/mol. The van der Waals surface area contributed by atoms with Gasteiger partial charge in [-0.15, -0.1) is 0 Å². The molecule has 4 aromatic carbocycles. The normalized spacial score (nSPS) is 12.8. The summed E-state index contributed by atoms with van der Waals surface area (Å²) < 4.78 is 2.05. The molecule has 5 rings (SSSR count). The van der Waals surface area contributed by atoms with Crippen LogP contribution in [0.1, 0.15) is 33.6 Å². The number of benzene rings is 4. The van der Waals surface area contributed by atoms with Crippen molar-refractivity contribution in [2.24, 2.45) is 0 Å². The van der Waals surface area contributed by atoms with Crippen LogP contribution in [0.25, 0.3) is 21.5 Å². The third-order valence-corrected chi connectivity index (χ3v) is 6.01. The molecule has 1 fully saturated rings. The Bertz CT molecular complexity index is 1300. The van der Waals surface area contributed by atoms with Crippen LogP contribution in [0.3, 0.4) is 0 Å². The summed E-state index contributed by atoms with van der Waals surface area (Å²) in [6, 6.07) is 23.1. The Hall–Kier alpha value is -2.70. The minimum Gasteiger partial charge on any atom is -0.478 e. The highest BCUT2D eigenvalue weighted by atomic mass is 79.9. The van der Waals surface area contributed by atoms with Crippen molar-refractivity contribution in [3.8, 4) is 0 Å². The Balaban J connectivity index is 0.000000152. The fourth-order valence-corrected chi connectivity index (χ4v) is 3.96. The van der Waals surface area contributed by atoms with Gasteiger partial charge in [0.2, 0.25) is 0 Å². The first-order valence-electron chi connectivity index (χ1n) is 9.82. The summed E-state index contributed by atoms with van der Waals surface area (Å²) in [6.07, 6.45) is 2.23. The lowest BCUT2D eigenvalue weighted by molar-refractivity contribution is 0.0696. The average molecular weight is 541 g/mol. The molecule has 0 spiro atoms. The topological polar surface area (TPSA) is 66.4 Å². The van der Waals surface area contributed by atoms with Gasteiger partial charge in [-0.2, -0.15) is 0 Å². The molecule has 0 aliphatic heterocycles. The van der Waals surface area contributed by atoms with Gasteiger partial charge in [-0.05, 0) is 82.9 Å². The number of amides is 1. The summed E-state index contributed by atoms with van der Waals surface area (Å²) in [6.45, 7) is 0. The van der Waals surface area contributed by atoms with E-state index < -0.39 is 5.97 Å². The average Bonchev–Trinajstić information content (AvgIpc) is 3.57. The molecule has 1 aliphatic rings. The van der Waals surface area contributed by atoms with E-state index in [4.69, 9.17) is 5.11 Å². The number of rotatable bonds is 3. The highest BCUT2D eigenvalue weighted by Gasteiger charge is 2.23. The van der Waals surface area contributed by atoms with Crippen LogP contribution in [0.4, 0.5) is 0 Å². The van der Waals surface area contributed by atoms with Gasteiger partial charge in [0.1, 0.15) is 0 Å². The number of nitrogens with one attached hydrogen (secondary N) is 1. The number of aromatic carboxylic acids is 1. The number of carbonyl (C=O) groups is 2. The van der Waals surface area contributed by atoms with Crippen molar-refractivity contribution >= 4 is 65.3 Å². The molecule has 0 heterocycles. The molecule has 0 radical (unpaired) electrons. The summed E-state index contributed by atoms with van der Waals surface area (Å²) in [4.78, 5) is 22.6. The second-order valence-electron chi connectivity index (χ2n) is 7.47. The van der Waals surface area contributed by atoms with E-state index >= 15 is 0 Å². The maximum absolute atomic E-state index is 11.9. The van der Waals surface area contributed by atoms with Gasteiger partial charge < -0.3 is 10.4 Å². The first-order valence-corrected chi connectivity index (χ1v) is 11.4. The van der Waals surface area contributed by atoms with E-state index in [-0.39, 0.29) is 5.91 Å². The predicted octanol–water partition coefficient (Wildman–Crippen LogP) is 6.80. The minimum atomic E-state index is -0.894. The quantitative estimate of drug-likeness (QED) is 0.300. The van der Waals surface area contributed by atoms with Crippen molar-refractivity contribution in [2.45, 2.75) is 18.9 Å². The number of fused-ring (bicyclic) bond motifs is 2. The molecule has 4 nitrogen and oxygen atoms in total. The molecule has 156 valence electrons. The number of hydrogen-bond acceptors (Lipinski definition) is 2. The van der Waals surface area contributed by atoms with Crippen LogP contribution in [0.2, 0.25) is 0 Å². The van der Waals surface area contributed by atoms with Crippen LogP contribution in [0.15, 0.2) is 81.7 Å². The monoisotopic (exact) mass is 539 g/mol. The van der Waals surface area contributed by atoms with E-state index in [1.54, 1.807) is 12.1 Å². The largest absolute Gasteiger partial charge is 0.478 e. The van der Waals surface area contributed by atoms with Gasteiger partial charge in [-0.1, -0.05) is 56.1 Å². The van der Waals surface area contributed by atoms with E-state index in [1.165, 1.54) is 0 Å². The van der Waals surface area contributed by atoms with Gasteiger partial charge in [0.25, 0.3) is 5.91 Å². The SMILES string of the molecule is O=C(NC1CC1)c1ccc2cc(Br)ccc2c1.O=C(O)c1ccc2cc(Br)ccc2c1. The van der Waals surface area contributed by atoms with Crippen LogP contribution >= 0.6 is 31.9 Å². The highest BCUT2D eigenvalue weighted by Crippen LogP contribution is 2.23. The molecule has 31 heavy (non-hydrogen) atoms. The highest BCUT2D eigenvalue weighted by molar-refractivity contribution is 9.10. The van der Waals surface area contributed by atoms with E-state index in [9.17, 15) is 9.59 Å². The zero-order valence-electron chi connectivity index (χ0n) is 16.4. The van der Waals surface area contributed by atoms with Crippen LogP contribution in [0, 0.1) is 0 Å². The van der Waals surface area contributed by atoms with Crippen LogP contribution < -0.4 is 5.32 Å². The van der Waals surface area contributed by atoms with Crippen molar-refractivity contribution in [3.63, 3.8) is 0 Å². The van der Waals surface area contributed by atoms with Gasteiger partial charge in [0, 0.05) is 20.6 Å². The standard InChI is InChI=1S/C14H12BrNO.C11H7BrO2/c15-12-4-3-9-7-11(2-1-10(9)8-12)14(17)16-13-5-6-13;12-10-4-3-7-5-9(11(13)14)2-1-8(7)6-10/h1-4,7-8,13H,5-6H2,(H,16,17);1-6H,(H,13,14). The van der Waals surface area contributed by atoms with Crippen LogP contribution in [-0.2, 0) is 0 Å². The number of hydrogen-bond donors (Lipinski definition) is 2. The number of carbonyl (C=O) groups excluding carboxylic acids is 1. The van der Waals surface area contributed by atoms with Gasteiger partial charge in [-0.3, -0.25) is 4.79 Å². The summed E-state index contributed by atoms with van der Waals surface area (Å²) in [5.41, 5.74) is 1.06. The Labute approximate surface area is 196 Å². The Morgan fingerprint density at radius 2 is 1.16 bits per heavy atom. The first-order chi connectivity index (χ1) is 14.9. The number of carboxylic acid groups (broad SMARTS) is 1. The molecule has 4 aromatic rings. The fraction of sp³-hybridized carbons (Fsp3) is 0.120. The molecule has 0 saturated heterocycles. The van der Waals surface area contributed by atoms with Crippen molar-refractivity contribution in [1.82, 2.24) is 5.32 Å². The van der Waals surface area contributed by atoms with Crippen molar-refractivity contribution in [3.05, 3.63) is 92.9 Å². The molecule has 2 N–H and O–H groups in total. The third kappa shape index (κ3) is 5.51. The molecule has 0 aromatic heterocycles. The van der Waals surface area contributed by atoms with Crippen molar-refractivity contribution in [2.75, 3.05) is 0 Å². The second-order valence-corrected chi connectivity index (χ2v) is 9.30. The Kier molecular flexibility index (Phi) is 6.39. The zero-order valence-corrected chi connectivity index (χ0v) is 19.6. The molecule has 1 amide bonds. The zero-order chi connectivity index (χ0) is 22.0. The Morgan fingerprint density at radius 3 is 1.68 bits per heavy atom. The molecule has 1 aliphatic carbocycles. The van der Waals surface area contributed by atoms with E-state index in [1.807, 2.05) is 54.6 Å². The van der Waals surface area contributed by atoms with E-state index in [0.717, 1.165) is 48.9 Å². The van der Waals surface area contributed by atoms with Crippen LogP contribution in [-0.4, -0.2) is 23.0 Å². The molecule has 6 heteroatoms. The van der Waals surface area contributed by atoms with Gasteiger partial charge >= 0.3 is 5.97 Å². The van der Waals surface area contributed by atoms with Crippen LogP contribution in [0.5, 0.6) is 0 Å². The summed E-state index contributed by atoms with van der Waals surface area (Å²) >= 11 is 6.81. The second kappa shape index (κ2) is 9.20. The summed E-state index contributed by atoms with van der Waals surface area (Å²) in [7, 11) is 0. The van der Waals surface area contributed by atoms with Crippen molar-refractivity contribution in [1.29, 1.82) is 0 Å². The third-order valence-electron chi connectivity index (χ3n) is 5.03. The lowest BCUT2D eigenvalue weighted by atomic mass is 10.1. The minimum absolute atomic E-state index is 0.0392. The number of halogens is 2. The van der Waals surface area contributed by atoms with E-state index in [0.29, 0.717) is 11.6 Å². The molecular weight excluding hydrogens is 522 g/mol. The maximum Gasteiger partial charge on any atom is 0.335 e. The van der Waals surface area contributed by atoms with Gasteiger partial charge in [0.05, 0.1) is 5.56 Å².